The molecule has 1 atom stereocenters. The Morgan fingerprint density at radius 1 is 1.26 bits per heavy atom. The van der Waals surface area contributed by atoms with Gasteiger partial charge in [-0.2, -0.15) is 4.31 Å². The molecule has 0 saturated carbocycles. The van der Waals surface area contributed by atoms with Crippen molar-refractivity contribution in [1.29, 1.82) is 0 Å². The molecular formula is C13H19ClN2O2S. The van der Waals surface area contributed by atoms with Gasteiger partial charge in [0.25, 0.3) is 0 Å². The van der Waals surface area contributed by atoms with Crippen LogP contribution in [0.3, 0.4) is 0 Å². The smallest absolute Gasteiger partial charge is 0.211 e. The topological polar surface area (TPSA) is 49.4 Å². The number of sulfonamides is 1. The van der Waals surface area contributed by atoms with Crippen LogP contribution in [0, 0.1) is 0 Å². The molecular weight excluding hydrogens is 284 g/mol. The molecule has 2 rings (SSSR count). The van der Waals surface area contributed by atoms with E-state index in [1.807, 2.05) is 24.3 Å². The van der Waals surface area contributed by atoms with Crippen molar-refractivity contribution in [3.05, 3.63) is 34.9 Å². The van der Waals surface area contributed by atoms with Crippen molar-refractivity contribution < 1.29 is 8.42 Å². The zero-order valence-corrected chi connectivity index (χ0v) is 12.5. The van der Waals surface area contributed by atoms with Crippen LogP contribution < -0.4 is 5.32 Å². The van der Waals surface area contributed by atoms with Crippen LogP contribution in [0.5, 0.6) is 0 Å². The van der Waals surface area contributed by atoms with Crippen LogP contribution in [0.25, 0.3) is 0 Å². The van der Waals surface area contributed by atoms with Gasteiger partial charge in [0.1, 0.15) is 0 Å². The van der Waals surface area contributed by atoms with Crippen molar-refractivity contribution in [3.8, 4) is 0 Å². The van der Waals surface area contributed by atoms with Gasteiger partial charge in [-0.05, 0) is 37.1 Å². The quantitative estimate of drug-likeness (QED) is 0.909. The Morgan fingerprint density at radius 2 is 1.95 bits per heavy atom. The minimum absolute atomic E-state index is 0.0885. The van der Waals surface area contributed by atoms with Gasteiger partial charge in [-0.15, -0.1) is 0 Å². The van der Waals surface area contributed by atoms with Gasteiger partial charge < -0.3 is 5.32 Å². The van der Waals surface area contributed by atoms with Gasteiger partial charge in [-0.3, -0.25) is 0 Å². The normalized spacial score (nSPS) is 22.7. The van der Waals surface area contributed by atoms with Crippen LogP contribution in [-0.2, 0) is 10.0 Å². The molecule has 1 fully saturated rings. The van der Waals surface area contributed by atoms with Crippen LogP contribution in [-0.4, -0.2) is 38.6 Å². The van der Waals surface area contributed by atoms with E-state index in [9.17, 15) is 8.42 Å². The van der Waals surface area contributed by atoms with Crippen molar-refractivity contribution in [2.75, 3.05) is 25.9 Å². The lowest BCUT2D eigenvalue weighted by Crippen LogP contribution is -2.41. The maximum absolute atomic E-state index is 12.0. The summed E-state index contributed by atoms with van der Waals surface area (Å²) >= 11 is 5.89. The van der Waals surface area contributed by atoms with Gasteiger partial charge in [0.2, 0.25) is 10.0 Å². The van der Waals surface area contributed by atoms with E-state index in [-0.39, 0.29) is 6.04 Å². The highest BCUT2D eigenvalue weighted by Crippen LogP contribution is 2.29. The van der Waals surface area contributed by atoms with Crippen LogP contribution >= 0.6 is 11.6 Å². The largest absolute Gasteiger partial charge is 0.315 e. The van der Waals surface area contributed by atoms with E-state index >= 15 is 0 Å². The fraction of sp³-hybridized carbons (Fsp3) is 0.538. The molecule has 0 radical (unpaired) electrons. The second-order valence-electron chi connectivity index (χ2n) is 4.83. The van der Waals surface area contributed by atoms with Gasteiger partial charge in [-0.25, -0.2) is 8.42 Å². The van der Waals surface area contributed by atoms with Gasteiger partial charge >= 0.3 is 0 Å². The van der Waals surface area contributed by atoms with E-state index in [1.165, 1.54) is 6.26 Å². The maximum Gasteiger partial charge on any atom is 0.211 e. The molecule has 0 spiro atoms. The number of benzene rings is 1. The standard InChI is InChI=1S/C13H19ClN2O2S/c1-19(17,18)16-10-9-15-8-2-3-13(16)11-4-6-12(14)7-5-11/h4-7,13,15H,2-3,8-10H2,1H3/t13-/m0/s1. The zero-order chi connectivity index (χ0) is 13.9. The lowest BCUT2D eigenvalue weighted by Gasteiger charge is -2.32. The van der Waals surface area contributed by atoms with Crippen molar-refractivity contribution in [3.63, 3.8) is 0 Å². The molecule has 6 heteroatoms. The summed E-state index contributed by atoms with van der Waals surface area (Å²) in [4.78, 5) is 0. The Labute approximate surface area is 119 Å². The molecule has 0 amide bonds. The average molecular weight is 303 g/mol. The minimum Gasteiger partial charge on any atom is -0.315 e. The van der Waals surface area contributed by atoms with Crippen LogP contribution in [0.15, 0.2) is 24.3 Å². The maximum atomic E-state index is 12.0. The predicted molar refractivity (Wildman–Crippen MR) is 77.8 cm³/mol. The Morgan fingerprint density at radius 3 is 2.58 bits per heavy atom. The van der Waals surface area contributed by atoms with Crippen molar-refractivity contribution in [2.24, 2.45) is 0 Å². The summed E-state index contributed by atoms with van der Waals surface area (Å²) in [6, 6.07) is 7.37. The summed E-state index contributed by atoms with van der Waals surface area (Å²) in [7, 11) is -3.21. The van der Waals surface area contributed by atoms with Gasteiger partial charge in [0, 0.05) is 24.2 Å². The molecule has 0 unspecified atom stereocenters. The first-order valence-corrected chi connectivity index (χ1v) is 8.64. The fourth-order valence-corrected chi connectivity index (χ4v) is 3.69. The molecule has 106 valence electrons. The lowest BCUT2D eigenvalue weighted by molar-refractivity contribution is 0.287. The van der Waals surface area contributed by atoms with E-state index < -0.39 is 10.0 Å². The molecule has 1 N–H and O–H groups in total. The molecule has 0 aliphatic carbocycles. The fourth-order valence-electron chi connectivity index (χ4n) is 2.45. The van der Waals surface area contributed by atoms with Crippen LogP contribution in [0.2, 0.25) is 5.02 Å². The van der Waals surface area contributed by atoms with E-state index in [2.05, 4.69) is 5.32 Å². The summed E-state index contributed by atoms with van der Waals surface area (Å²) in [5, 5.41) is 3.91. The number of nitrogens with zero attached hydrogens (tertiary/aromatic N) is 1. The summed E-state index contributed by atoms with van der Waals surface area (Å²) in [6.07, 6.45) is 3.05. The van der Waals surface area contributed by atoms with E-state index in [0.29, 0.717) is 18.1 Å². The van der Waals surface area contributed by atoms with Crippen molar-refractivity contribution in [2.45, 2.75) is 18.9 Å². The highest BCUT2D eigenvalue weighted by molar-refractivity contribution is 7.88. The summed E-state index contributed by atoms with van der Waals surface area (Å²) in [5.74, 6) is 0. The van der Waals surface area contributed by atoms with Gasteiger partial charge in [-0.1, -0.05) is 23.7 Å². The average Bonchev–Trinajstić information content (AvgIpc) is 2.28. The first-order valence-electron chi connectivity index (χ1n) is 6.41. The molecule has 4 nitrogen and oxygen atoms in total. The minimum atomic E-state index is -3.21. The molecule has 19 heavy (non-hydrogen) atoms. The summed E-state index contributed by atoms with van der Waals surface area (Å²) < 4.78 is 25.5. The molecule has 0 bridgehead atoms. The molecule has 1 aliphatic rings. The second kappa shape index (κ2) is 6.22. The lowest BCUT2D eigenvalue weighted by atomic mass is 10.0. The summed E-state index contributed by atoms with van der Waals surface area (Å²) in [6.45, 7) is 2.13. The van der Waals surface area contributed by atoms with E-state index in [1.54, 1.807) is 4.31 Å². The Bertz CT molecular complexity index is 516. The molecule has 1 aliphatic heterocycles. The number of rotatable bonds is 2. The molecule has 1 saturated heterocycles. The molecule has 0 aromatic heterocycles. The zero-order valence-electron chi connectivity index (χ0n) is 11.0. The van der Waals surface area contributed by atoms with E-state index in [0.717, 1.165) is 24.9 Å². The first-order chi connectivity index (χ1) is 8.98. The van der Waals surface area contributed by atoms with Crippen molar-refractivity contribution in [1.82, 2.24) is 9.62 Å². The monoisotopic (exact) mass is 302 g/mol. The highest BCUT2D eigenvalue weighted by atomic mass is 35.5. The Balaban J connectivity index is 2.32. The Kier molecular flexibility index (Phi) is 4.84. The third kappa shape index (κ3) is 3.92. The Hall–Kier alpha value is -0.620. The number of halogens is 1. The molecule has 1 aromatic carbocycles. The second-order valence-corrected chi connectivity index (χ2v) is 7.20. The highest BCUT2D eigenvalue weighted by Gasteiger charge is 2.28. The van der Waals surface area contributed by atoms with Crippen molar-refractivity contribution >= 4 is 21.6 Å². The SMILES string of the molecule is CS(=O)(=O)N1CCNCCC[C@H]1c1ccc(Cl)cc1. The predicted octanol–water partition coefficient (Wildman–Crippen LogP) is 2.03. The van der Waals surface area contributed by atoms with Crippen LogP contribution in [0.4, 0.5) is 0 Å². The number of nitrogens with one attached hydrogen (secondary N) is 1. The first kappa shape index (κ1) is 14.8. The number of hydrogen-bond donors (Lipinski definition) is 1. The summed E-state index contributed by atoms with van der Waals surface area (Å²) in [5.41, 5.74) is 1.01. The number of hydrogen-bond acceptors (Lipinski definition) is 3. The van der Waals surface area contributed by atoms with Crippen LogP contribution in [0.1, 0.15) is 24.4 Å². The molecule has 1 heterocycles. The van der Waals surface area contributed by atoms with Gasteiger partial charge in [0.15, 0.2) is 0 Å². The van der Waals surface area contributed by atoms with E-state index in [4.69, 9.17) is 11.6 Å². The molecule has 1 aromatic rings. The van der Waals surface area contributed by atoms with Gasteiger partial charge in [0.05, 0.1) is 6.26 Å². The third-order valence-electron chi connectivity index (χ3n) is 3.37. The third-order valence-corrected chi connectivity index (χ3v) is 4.91.